The van der Waals surface area contributed by atoms with Crippen LogP contribution in [0.5, 0.6) is 0 Å². The molecule has 4 rings (SSSR count). The van der Waals surface area contributed by atoms with E-state index in [4.69, 9.17) is 16.3 Å². The number of aromatic nitrogens is 1. The lowest BCUT2D eigenvalue weighted by atomic mass is 10.2. The van der Waals surface area contributed by atoms with Gasteiger partial charge in [-0.3, -0.25) is 4.79 Å². The third-order valence-electron chi connectivity index (χ3n) is 4.14. The number of rotatable bonds is 1. The molecule has 1 aliphatic heterocycles. The Bertz CT molecular complexity index is 877. The zero-order chi connectivity index (χ0) is 15.3. The largest absolute Gasteiger partial charge is 0.378 e. The smallest absolute Gasteiger partial charge is 0.264 e. The lowest BCUT2D eigenvalue weighted by Crippen LogP contribution is -2.40. The highest BCUT2D eigenvalue weighted by Crippen LogP contribution is 2.36. The van der Waals surface area contributed by atoms with Crippen molar-refractivity contribution >= 4 is 50.0 Å². The molecule has 0 radical (unpaired) electrons. The molecule has 0 bridgehead atoms. The topological polar surface area (TPSA) is 34.5 Å². The molecule has 1 amide bonds. The number of carbonyl (C=O) groups excluding carboxylic acids is 1. The lowest BCUT2D eigenvalue weighted by molar-refractivity contribution is 0.0306. The molecule has 22 heavy (non-hydrogen) atoms. The number of thiophene rings is 1. The van der Waals surface area contributed by atoms with Gasteiger partial charge in [0.2, 0.25) is 0 Å². The summed E-state index contributed by atoms with van der Waals surface area (Å²) in [5.74, 6) is 0.0969. The Morgan fingerprint density at radius 2 is 2.00 bits per heavy atom. The van der Waals surface area contributed by atoms with Crippen LogP contribution < -0.4 is 0 Å². The van der Waals surface area contributed by atoms with E-state index in [0.29, 0.717) is 31.3 Å². The van der Waals surface area contributed by atoms with Gasteiger partial charge in [-0.2, -0.15) is 0 Å². The van der Waals surface area contributed by atoms with Gasteiger partial charge in [-0.15, -0.1) is 11.3 Å². The molecule has 0 saturated carbocycles. The molecule has 0 unspecified atom stereocenters. The standard InChI is InChI=1S/C16H15ClN2O2S/c1-18-13-3-2-10(17)8-11(13)12-9-14(22-16(12)18)15(20)19-4-6-21-7-5-19/h2-3,8-9H,4-7H2,1H3. The number of hydrogen-bond acceptors (Lipinski definition) is 3. The fourth-order valence-corrected chi connectivity index (χ4v) is 4.26. The third kappa shape index (κ3) is 2.12. The van der Waals surface area contributed by atoms with Crippen LogP contribution in [0.3, 0.4) is 0 Å². The summed E-state index contributed by atoms with van der Waals surface area (Å²) >= 11 is 7.67. The van der Waals surface area contributed by atoms with Crippen molar-refractivity contribution in [2.24, 2.45) is 7.05 Å². The maximum Gasteiger partial charge on any atom is 0.264 e. The molecule has 3 aromatic rings. The Labute approximate surface area is 136 Å². The summed E-state index contributed by atoms with van der Waals surface area (Å²) in [6.45, 7) is 2.57. The fourth-order valence-electron chi connectivity index (χ4n) is 2.98. The van der Waals surface area contributed by atoms with E-state index in [1.54, 1.807) is 11.3 Å². The molecule has 0 aliphatic carbocycles. The molecular weight excluding hydrogens is 320 g/mol. The number of fused-ring (bicyclic) bond motifs is 3. The molecule has 6 heteroatoms. The summed E-state index contributed by atoms with van der Waals surface area (Å²) in [5, 5.41) is 2.91. The van der Waals surface area contributed by atoms with Gasteiger partial charge < -0.3 is 14.2 Å². The van der Waals surface area contributed by atoms with Crippen LogP contribution in [0.25, 0.3) is 21.1 Å². The zero-order valence-corrected chi connectivity index (χ0v) is 13.7. The van der Waals surface area contributed by atoms with Gasteiger partial charge in [0.15, 0.2) is 0 Å². The van der Waals surface area contributed by atoms with Crippen molar-refractivity contribution < 1.29 is 9.53 Å². The van der Waals surface area contributed by atoms with Gasteiger partial charge >= 0.3 is 0 Å². The number of halogens is 1. The van der Waals surface area contributed by atoms with Crippen LogP contribution in [0, 0.1) is 0 Å². The molecule has 1 saturated heterocycles. The highest BCUT2D eigenvalue weighted by molar-refractivity contribution is 7.20. The fraction of sp³-hybridized carbons (Fsp3) is 0.312. The number of amides is 1. The molecule has 0 N–H and O–H groups in total. The van der Waals surface area contributed by atoms with Crippen molar-refractivity contribution in [2.75, 3.05) is 26.3 Å². The first-order chi connectivity index (χ1) is 10.6. The maximum absolute atomic E-state index is 12.6. The van der Waals surface area contributed by atoms with E-state index >= 15 is 0 Å². The van der Waals surface area contributed by atoms with Crippen LogP contribution in [0.1, 0.15) is 9.67 Å². The lowest BCUT2D eigenvalue weighted by Gasteiger charge is -2.26. The van der Waals surface area contributed by atoms with E-state index in [0.717, 1.165) is 26.0 Å². The Morgan fingerprint density at radius 1 is 1.23 bits per heavy atom. The molecule has 0 spiro atoms. The van der Waals surface area contributed by atoms with Gasteiger partial charge in [0, 0.05) is 41.4 Å². The summed E-state index contributed by atoms with van der Waals surface area (Å²) in [5.41, 5.74) is 1.14. The van der Waals surface area contributed by atoms with E-state index in [9.17, 15) is 4.79 Å². The number of aryl methyl sites for hydroxylation is 1. The molecule has 0 atom stereocenters. The highest BCUT2D eigenvalue weighted by Gasteiger charge is 2.22. The predicted molar refractivity (Wildman–Crippen MR) is 90.0 cm³/mol. The minimum Gasteiger partial charge on any atom is -0.378 e. The molecule has 114 valence electrons. The second-order valence-corrected chi connectivity index (χ2v) is 6.92. The van der Waals surface area contributed by atoms with E-state index in [2.05, 4.69) is 4.57 Å². The van der Waals surface area contributed by atoms with Crippen LogP contribution in [0.15, 0.2) is 24.3 Å². The Balaban J connectivity index is 1.82. The van der Waals surface area contributed by atoms with Crippen molar-refractivity contribution in [3.05, 3.63) is 34.2 Å². The van der Waals surface area contributed by atoms with Gasteiger partial charge in [0.25, 0.3) is 5.91 Å². The molecule has 1 fully saturated rings. The molecule has 1 aromatic carbocycles. The van der Waals surface area contributed by atoms with Crippen molar-refractivity contribution in [1.29, 1.82) is 0 Å². The monoisotopic (exact) mass is 334 g/mol. The van der Waals surface area contributed by atoms with Crippen LogP contribution >= 0.6 is 22.9 Å². The summed E-state index contributed by atoms with van der Waals surface area (Å²) in [6.07, 6.45) is 0. The summed E-state index contributed by atoms with van der Waals surface area (Å²) in [4.78, 5) is 16.4. The summed E-state index contributed by atoms with van der Waals surface area (Å²) in [6, 6.07) is 7.88. The quantitative estimate of drug-likeness (QED) is 0.682. The SMILES string of the molecule is Cn1c2ccc(Cl)cc2c2cc(C(=O)N3CCOCC3)sc21. The molecule has 4 nitrogen and oxygen atoms in total. The van der Waals surface area contributed by atoms with Crippen LogP contribution in [0.2, 0.25) is 5.02 Å². The highest BCUT2D eigenvalue weighted by atomic mass is 35.5. The predicted octanol–water partition coefficient (Wildman–Crippen LogP) is 3.52. The van der Waals surface area contributed by atoms with E-state index in [1.807, 2.05) is 36.2 Å². The number of benzene rings is 1. The van der Waals surface area contributed by atoms with Gasteiger partial charge in [-0.1, -0.05) is 11.6 Å². The van der Waals surface area contributed by atoms with Gasteiger partial charge in [-0.25, -0.2) is 0 Å². The maximum atomic E-state index is 12.6. The van der Waals surface area contributed by atoms with Crippen LogP contribution in [0.4, 0.5) is 0 Å². The first kappa shape index (κ1) is 14.1. The van der Waals surface area contributed by atoms with Crippen molar-refractivity contribution in [3.8, 4) is 0 Å². The normalized spacial score (nSPS) is 15.8. The number of nitrogens with zero attached hydrogens (tertiary/aromatic N) is 2. The average Bonchev–Trinajstić information content (AvgIpc) is 3.08. The number of morpholine rings is 1. The second kappa shape index (κ2) is 5.26. The van der Waals surface area contributed by atoms with E-state index in [1.165, 1.54) is 0 Å². The first-order valence-corrected chi connectivity index (χ1v) is 8.39. The van der Waals surface area contributed by atoms with Crippen molar-refractivity contribution in [2.45, 2.75) is 0 Å². The van der Waals surface area contributed by atoms with E-state index in [-0.39, 0.29) is 5.91 Å². The molecule has 3 heterocycles. The van der Waals surface area contributed by atoms with Crippen LogP contribution in [-0.4, -0.2) is 41.7 Å². The van der Waals surface area contributed by atoms with Crippen molar-refractivity contribution in [1.82, 2.24) is 9.47 Å². The van der Waals surface area contributed by atoms with Gasteiger partial charge in [0.1, 0.15) is 4.83 Å². The Morgan fingerprint density at radius 3 is 2.77 bits per heavy atom. The van der Waals surface area contributed by atoms with Gasteiger partial charge in [0.05, 0.1) is 18.1 Å². The minimum atomic E-state index is 0.0969. The molecule has 2 aromatic heterocycles. The average molecular weight is 335 g/mol. The number of hydrogen-bond donors (Lipinski definition) is 0. The van der Waals surface area contributed by atoms with E-state index < -0.39 is 0 Å². The number of carbonyl (C=O) groups is 1. The van der Waals surface area contributed by atoms with Crippen LogP contribution in [-0.2, 0) is 11.8 Å². The molecule has 1 aliphatic rings. The summed E-state index contributed by atoms with van der Waals surface area (Å²) < 4.78 is 7.44. The Kier molecular flexibility index (Phi) is 3.36. The minimum absolute atomic E-state index is 0.0969. The number of ether oxygens (including phenoxy) is 1. The van der Waals surface area contributed by atoms with Gasteiger partial charge in [-0.05, 0) is 24.3 Å². The zero-order valence-electron chi connectivity index (χ0n) is 12.1. The molecular formula is C16H15ClN2O2S. The first-order valence-electron chi connectivity index (χ1n) is 7.19. The Hall–Kier alpha value is -1.56. The van der Waals surface area contributed by atoms with Crippen molar-refractivity contribution in [3.63, 3.8) is 0 Å². The third-order valence-corrected chi connectivity index (χ3v) is 5.57. The second-order valence-electron chi connectivity index (χ2n) is 5.45. The summed E-state index contributed by atoms with van der Waals surface area (Å²) in [7, 11) is 2.03.